The zero-order valence-corrected chi connectivity index (χ0v) is 22.5. The molecule has 192 valence electrons. The number of hydrogen-bond donors (Lipinski definition) is 1. The van der Waals surface area contributed by atoms with E-state index in [4.69, 9.17) is 9.41 Å². The number of para-hydroxylation sites is 1. The molecule has 1 N–H and O–H groups in total. The molecule has 1 aromatic carbocycles. The van der Waals surface area contributed by atoms with Crippen molar-refractivity contribution < 1.29 is 14.0 Å². The molecule has 5 rings (SSSR count). The van der Waals surface area contributed by atoms with Crippen LogP contribution in [0.2, 0.25) is 0 Å². The molecular formula is C29H32N4O3S. The molecule has 0 saturated heterocycles. The van der Waals surface area contributed by atoms with Gasteiger partial charge in [0.2, 0.25) is 0 Å². The number of hydrazone groups is 1. The molecule has 7 nitrogen and oxygen atoms in total. The van der Waals surface area contributed by atoms with Crippen LogP contribution in [-0.4, -0.2) is 23.7 Å². The Morgan fingerprint density at radius 1 is 1.24 bits per heavy atom. The van der Waals surface area contributed by atoms with Gasteiger partial charge in [0.25, 0.3) is 11.8 Å². The molecule has 0 fully saturated rings. The second-order valence-electron chi connectivity index (χ2n) is 10.7. The molecule has 0 radical (unpaired) electrons. The van der Waals surface area contributed by atoms with Gasteiger partial charge < -0.3 is 9.73 Å². The van der Waals surface area contributed by atoms with Gasteiger partial charge in [0, 0.05) is 11.1 Å². The lowest BCUT2D eigenvalue weighted by Crippen LogP contribution is -2.28. The van der Waals surface area contributed by atoms with Crippen LogP contribution in [0.3, 0.4) is 0 Å². The van der Waals surface area contributed by atoms with Crippen LogP contribution in [-0.2, 0) is 24.2 Å². The van der Waals surface area contributed by atoms with E-state index in [0.29, 0.717) is 34.5 Å². The molecule has 2 aliphatic rings. The van der Waals surface area contributed by atoms with Crippen molar-refractivity contribution in [3.8, 4) is 0 Å². The Balaban J connectivity index is 1.43. The van der Waals surface area contributed by atoms with Gasteiger partial charge >= 0.3 is 0 Å². The minimum absolute atomic E-state index is 0.148. The van der Waals surface area contributed by atoms with E-state index in [1.54, 1.807) is 29.9 Å². The number of rotatable bonds is 6. The largest absolute Gasteiger partial charge is 0.467 e. The number of furan rings is 1. The van der Waals surface area contributed by atoms with Gasteiger partial charge in [-0.2, -0.15) is 10.1 Å². The number of nitrogens with zero attached hydrogens (tertiary/aromatic N) is 3. The lowest BCUT2D eigenvalue weighted by molar-refractivity contribution is -0.118. The number of benzene rings is 1. The second kappa shape index (κ2) is 10.1. The Kier molecular flexibility index (Phi) is 6.86. The fourth-order valence-corrected chi connectivity index (χ4v) is 6.23. The van der Waals surface area contributed by atoms with Crippen LogP contribution in [0.25, 0.3) is 0 Å². The molecule has 0 saturated carbocycles. The predicted octanol–water partition coefficient (Wildman–Crippen LogP) is 6.16. The second-order valence-corrected chi connectivity index (χ2v) is 11.8. The minimum Gasteiger partial charge on any atom is -0.467 e. The third-order valence-electron chi connectivity index (χ3n) is 7.23. The number of amides is 2. The van der Waals surface area contributed by atoms with Crippen molar-refractivity contribution in [3.63, 3.8) is 0 Å². The van der Waals surface area contributed by atoms with Gasteiger partial charge in [0.15, 0.2) is 0 Å². The highest BCUT2D eigenvalue weighted by Crippen LogP contribution is 2.45. The van der Waals surface area contributed by atoms with Crippen molar-refractivity contribution in [2.45, 2.75) is 53.5 Å². The zero-order chi connectivity index (χ0) is 26.2. The highest BCUT2D eigenvalue weighted by atomic mass is 32.1. The molecule has 3 aromatic rings. The highest BCUT2D eigenvalue weighted by Gasteiger charge is 2.35. The number of aliphatic imine (C=N–C) groups is 1. The summed E-state index contributed by atoms with van der Waals surface area (Å²) in [5.41, 5.74) is 3.30. The van der Waals surface area contributed by atoms with Crippen LogP contribution >= 0.6 is 11.3 Å². The number of fused-ring (bicyclic) bond motifs is 1. The van der Waals surface area contributed by atoms with E-state index >= 15 is 0 Å². The van der Waals surface area contributed by atoms with E-state index in [0.717, 1.165) is 30.5 Å². The van der Waals surface area contributed by atoms with E-state index in [1.165, 1.54) is 9.89 Å². The summed E-state index contributed by atoms with van der Waals surface area (Å²) < 4.78 is 5.38. The van der Waals surface area contributed by atoms with Crippen LogP contribution in [0.4, 0.5) is 10.7 Å². The summed E-state index contributed by atoms with van der Waals surface area (Å²) in [6.45, 7) is 8.97. The van der Waals surface area contributed by atoms with E-state index < -0.39 is 5.92 Å². The summed E-state index contributed by atoms with van der Waals surface area (Å²) in [7, 11) is 0. The lowest BCUT2D eigenvalue weighted by atomic mass is 9.72. The molecule has 37 heavy (non-hydrogen) atoms. The molecule has 2 amide bonds. The molecule has 8 heteroatoms. The highest BCUT2D eigenvalue weighted by molar-refractivity contribution is 7.16. The SMILES string of the molecule is CC1=NN(c2ccccc2)C(=O)[C@H]1C=Nc1sc2c(c1C(=O)NCc1ccco1)CC[C@@H](C(C)(C)C)C2. The van der Waals surface area contributed by atoms with Crippen LogP contribution in [0.1, 0.15) is 60.7 Å². The van der Waals surface area contributed by atoms with Crippen molar-refractivity contribution in [1.29, 1.82) is 0 Å². The normalized spacial score (nSPS) is 19.8. The summed E-state index contributed by atoms with van der Waals surface area (Å²) in [5.74, 6) is 0.356. The number of nitrogens with one attached hydrogen (secondary N) is 1. The number of carbonyl (C=O) groups excluding carboxylic acids is 2. The molecule has 3 heterocycles. The molecule has 0 unspecified atom stereocenters. The van der Waals surface area contributed by atoms with Crippen LogP contribution < -0.4 is 10.3 Å². The van der Waals surface area contributed by atoms with E-state index in [2.05, 4.69) is 31.2 Å². The lowest BCUT2D eigenvalue weighted by Gasteiger charge is -2.33. The number of hydrogen-bond acceptors (Lipinski definition) is 6. The van der Waals surface area contributed by atoms with Crippen LogP contribution in [0, 0.1) is 17.3 Å². The first-order valence-electron chi connectivity index (χ1n) is 12.7. The van der Waals surface area contributed by atoms with Crippen LogP contribution in [0.5, 0.6) is 0 Å². The topological polar surface area (TPSA) is 87.3 Å². The van der Waals surface area contributed by atoms with E-state index in [1.807, 2.05) is 43.3 Å². The Morgan fingerprint density at radius 3 is 2.73 bits per heavy atom. The first kappa shape index (κ1) is 25.1. The van der Waals surface area contributed by atoms with Gasteiger partial charge in [0.05, 0.1) is 29.8 Å². The fourth-order valence-electron chi connectivity index (χ4n) is 4.95. The number of thiophene rings is 1. The monoisotopic (exact) mass is 516 g/mol. The summed E-state index contributed by atoms with van der Waals surface area (Å²) in [6.07, 6.45) is 6.05. The van der Waals surface area contributed by atoms with Crippen molar-refractivity contribution in [2.75, 3.05) is 5.01 Å². The Labute approximate surface area is 221 Å². The van der Waals surface area contributed by atoms with Gasteiger partial charge in [-0.1, -0.05) is 39.0 Å². The molecular weight excluding hydrogens is 484 g/mol. The smallest absolute Gasteiger partial charge is 0.261 e. The Morgan fingerprint density at radius 2 is 2.03 bits per heavy atom. The maximum Gasteiger partial charge on any atom is 0.261 e. The Hall–Kier alpha value is -3.52. The van der Waals surface area contributed by atoms with Gasteiger partial charge in [-0.25, -0.2) is 4.99 Å². The molecule has 1 aliphatic carbocycles. The summed E-state index contributed by atoms with van der Waals surface area (Å²) in [5, 5.41) is 9.54. The van der Waals surface area contributed by atoms with Gasteiger partial charge in [0.1, 0.15) is 16.7 Å². The first-order valence-corrected chi connectivity index (χ1v) is 13.5. The first-order chi connectivity index (χ1) is 17.7. The quantitative estimate of drug-likeness (QED) is 0.398. The third-order valence-corrected chi connectivity index (χ3v) is 8.39. The number of carbonyl (C=O) groups is 2. The molecule has 0 bridgehead atoms. The molecule has 2 aromatic heterocycles. The van der Waals surface area contributed by atoms with Gasteiger partial charge in [-0.15, -0.1) is 11.3 Å². The molecule has 0 spiro atoms. The number of anilines is 1. The summed E-state index contributed by atoms with van der Waals surface area (Å²) in [4.78, 5) is 32.6. The standard InChI is InChI=1S/C29H32N4O3S/c1-18-23(28(35)33(32-18)20-9-6-5-7-10-20)17-31-27-25(26(34)30-16-21-11-8-14-36-21)22-13-12-19(29(2,3)4)15-24(22)37-27/h5-11,14,17,19,23H,12-13,15-16H2,1-4H3,(H,30,34)/t19-,23+/m1/s1. The molecule has 2 atom stereocenters. The van der Waals surface area contributed by atoms with Crippen LogP contribution in [0.15, 0.2) is 63.2 Å². The maximum atomic E-state index is 13.4. The summed E-state index contributed by atoms with van der Waals surface area (Å²) in [6, 6.07) is 13.0. The maximum absolute atomic E-state index is 13.4. The minimum atomic E-state index is -0.569. The fraction of sp³-hybridized carbons (Fsp3) is 0.379. The predicted molar refractivity (Wildman–Crippen MR) is 148 cm³/mol. The van der Waals surface area contributed by atoms with E-state index in [9.17, 15) is 9.59 Å². The Bertz CT molecular complexity index is 1350. The van der Waals surface area contributed by atoms with E-state index in [-0.39, 0.29) is 17.2 Å². The van der Waals surface area contributed by atoms with Crippen molar-refractivity contribution >= 4 is 45.8 Å². The van der Waals surface area contributed by atoms with Crippen molar-refractivity contribution in [1.82, 2.24) is 5.32 Å². The average Bonchev–Trinajstić information content (AvgIpc) is 3.59. The third kappa shape index (κ3) is 5.16. The summed E-state index contributed by atoms with van der Waals surface area (Å²) >= 11 is 1.57. The van der Waals surface area contributed by atoms with Gasteiger partial charge in [-0.05, 0) is 67.3 Å². The molecule has 1 aliphatic heterocycles. The van der Waals surface area contributed by atoms with Gasteiger partial charge in [-0.3, -0.25) is 9.59 Å². The zero-order valence-electron chi connectivity index (χ0n) is 21.7. The van der Waals surface area contributed by atoms with Crippen molar-refractivity contribution in [2.24, 2.45) is 27.3 Å². The van der Waals surface area contributed by atoms with Crippen molar-refractivity contribution in [3.05, 3.63) is 70.5 Å². The average molecular weight is 517 g/mol.